The lowest BCUT2D eigenvalue weighted by atomic mass is 9.85. The Morgan fingerprint density at radius 3 is 2.31 bits per heavy atom. The van der Waals surface area contributed by atoms with Gasteiger partial charge in [0.25, 0.3) is 5.91 Å². The third-order valence-corrected chi connectivity index (χ3v) is 10.1. The van der Waals surface area contributed by atoms with Crippen molar-refractivity contribution >= 4 is 35.2 Å². The molecule has 1 saturated heterocycles. The lowest BCUT2D eigenvalue weighted by Crippen LogP contribution is -2.57. The molecule has 3 heterocycles. The standard InChI is InChI=1S/C38H49N5O5S/c1-23(25-11-14-27(15-12-25)31-24(2)39-22-49-31)40-34(45)30-10-9-18-43(30)35(46)32(37(3,4)5)41-33(44)28-16-13-26-17-19-42(21-29(26)20-28)36(47)48-38(6,7)8/h11-16,20,22-23,30,32H,9-10,17-19,21H2,1-8H3,(H,40,45)(H,41,44). The molecule has 0 bridgehead atoms. The van der Waals surface area contributed by atoms with Gasteiger partial charge in [0.05, 0.1) is 22.1 Å². The molecule has 2 N–H and O–H groups in total. The van der Waals surface area contributed by atoms with E-state index in [0.717, 1.165) is 32.8 Å². The molecule has 0 spiro atoms. The van der Waals surface area contributed by atoms with Crippen LogP contribution in [-0.2, 0) is 27.3 Å². The van der Waals surface area contributed by atoms with Crippen molar-refractivity contribution in [3.63, 3.8) is 0 Å². The van der Waals surface area contributed by atoms with Crippen molar-refractivity contribution in [1.82, 2.24) is 25.4 Å². The average molecular weight is 688 g/mol. The van der Waals surface area contributed by atoms with Gasteiger partial charge in [0.15, 0.2) is 0 Å². The molecule has 49 heavy (non-hydrogen) atoms. The quantitative estimate of drug-likeness (QED) is 0.296. The molecule has 10 nitrogen and oxygen atoms in total. The van der Waals surface area contributed by atoms with E-state index in [-0.39, 0.29) is 29.9 Å². The summed E-state index contributed by atoms with van der Waals surface area (Å²) in [6.07, 6.45) is 1.53. The Hall–Kier alpha value is -4.25. The number of aromatic nitrogens is 1. The third-order valence-electron chi connectivity index (χ3n) is 9.14. The lowest BCUT2D eigenvalue weighted by Gasteiger charge is -2.36. The Morgan fingerprint density at radius 1 is 0.959 bits per heavy atom. The summed E-state index contributed by atoms with van der Waals surface area (Å²) >= 11 is 1.60. The largest absolute Gasteiger partial charge is 0.444 e. The van der Waals surface area contributed by atoms with Crippen molar-refractivity contribution in [2.24, 2.45) is 5.41 Å². The summed E-state index contributed by atoms with van der Waals surface area (Å²) < 4.78 is 5.56. The zero-order valence-electron chi connectivity index (χ0n) is 29.9. The van der Waals surface area contributed by atoms with Crippen molar-refractivity contribution < 1.29 is 23.9 Å². The van der Waals surface area contributed by atoms with Crippen LogP contribution in [0.4, 0.5) is 4.79 Å². The van der Waals surface area contributed by atoms with Crippen molar-refractivity contribution in [1.29, 1.82) is 0 Å². The monoisotopic (exact) mass is 687 g/mol. The first-order valence-electron chi connectivity index (χ1n) is 17.0. The number of amides is 4. The second-order valence-electron chi connectivity index (χ2n) is 15.2. The van der Waals surface area contributed by atoms with Gasteiger partial charge < -0.3 is 25.2 Å². The van der Waals surface area contributed by atoms with Crippen molar-refractivity contribution in [2.75, 3.05) is 13.1 Å². The molecule has 0 radical (unpaired) electrons. The van der Waals surface area contributed by atoms with Crippen LogP contribution in [0.5, 0.6) is 0 Å². The van der Waals surface area contributed by atoms with Gasteiger partial charge in [-0.25, -0.2) is 9.78 Å². The highest BCUT2D eigenvalue weighted by atomic mass is 32.1. The van der Waals surface area contributed by atoms with Gasteiger partial charge in [0.1, 0.15) is 17.7 Å². The van der Waals surface area contributed by atoms with Crippen LogP contribution in [-0.4, -0.2) is 69.4 Å². The number of benzene rings is 2. The van der Waals surface area contributed by atoms with E-state index < -0.39 is 23.1 Å². The summed E-state index contributed by atoms with van der Waals surface area (Å²) in [6, 6.07) is 11.8. The van der Waals surface area contributed by atoms with Crippen LogP contribution < -0.4 is 10.6 Å². The molecular formula is C38H49N5O5S. The highest BCUT2D eigenvalue weighted by Gasteiger charge is 2.42. The SMILES string of the molecule is Cc1ncsc1-c1ccc(C(C)NC(=O)C2CCCN2C(=O)C(NC(=O)c2ccc3c(c2)CN(C(=O)OC(C)(C)C)CC3)C(C)(C)C)cc1. The van der Waals surface area contributed by atoms with Gasteiger partial charge in [-0.05, 0) is 93.7 Å². The van der Waals surface area contributed by atoms with Gasteiger partial charge in [-0.2, -0.15) is 0 Å². The van der Waals surface area contributed by atoms with Gasteiger partial charge in [-0.3, -0.25) is 14.4 Å². The van der Waals surface area contributed by atoms with Gasteiger partial charge in [0.2, 0.25) is 11.8 Å². The Morgan fingerprint density at radius 2 is 1.67 bits per heavy atom. The van der Waals surface area contributed by atoms with E-state index in [1.165, 1.54) is 0 Å². The number of carbonyl (C=O) groups excluding carboxylic acids is 4. The summed E-state index contributed by atoms with van der Waals surface area (Å²) in [5.74, 6) is -0.857. The van der Waals surface area contributed by atoms with Crippen LogP contribution in [0.1, 0.15) is 100 Å². The molecule has 11 heteroatoms. The molecule has 3 atom stereocenters. The number of carbonyl (C=O) groups is 4. The van der Waals surface area contributed by atoms with E-state index in [9.17, 15) is 19.2 Å². The maximum Gasteiger partial charge on any atom is 0.410 e. The van der Waals surface area contributed by atoms with Crippen molar-refractivity contribution in [2.45, 2.75) is 105 Å². The normalized spacial score (nSPS) is 17.6. The number of likely N-dealkylation sites (tertiary alicyclic amines) is 1. The fourth-order valence-corrected chi connectivity index (χ4v) is 7.22. The minimum atomic E-state index is -0.858. The summed E-state index contributed by atoms with van der Waals surface area (Å²) in [7, 11) is 0. The van der Waals surface area contributed by atoms with Crippen molar-refractivity contribution in [3.8, 4) is 10.4 Å². The Balaban J connectivity index is 1.25. The molecule has 2 aliphatic heterocycles. The molecular weight excluding hydrogens is 639 g/mol. The molecule has 262 valence electrons. The van der Waals surface area contributed by atoms with Gasteiger partial charge in [0, 0.05) is 25.2 Å². The maximum absolute atomic E-state index is 14.1. The minimum absolute atomic E-state index is 0.205. The van der Waals surface area contributed by atoms with Crippen LogP contribution in [0.3, 0.4) is 0 Å². The van der Waals surface area contributed by atoms with E-state index in [1.807, 2.05) is 91.2 Å². The lowest BCUT2D eigenvalue weighted by molar-refractivity contribution is -0.142. The number of hydrogen-bond acceptors (Lipinski definition) is 7. The highest BCUT2D eigenvalue weighted by molar-refractivity contribution is 7.13. The number of nitrogens with one attached hydrogen (secondary N) is 2. The first-order chi connectivity index (χ1) is 23.0. The third kappa shape index (κ3) is 8.49. The van der Waals surface area contributed by atoms with Gasteiger partial charge in [-0.1, -0.05) is 51.1 Å². The van der Waals surface area contributed by atoms with Gasteiger partial charge >= 0.3 is 6.09 Å². The maximum atomic E-state index is 14.1. The average Bonchev–Trinajstić information content (AvgIpc) is 3.71. The Labute approximate surface area is 293 Å². The predicted octanol–water partition coefficient (Wildman–Crippen LogP) is 6.42. The van der Waals surface area contributed by atoms with Crippen LogP contribution in [0, 0.1) is 12.3 Å². The smallest absolute Gasteiger partial charge is 0.410 e. The number of rotatable bonds is 7. The minimum Gasteiger partial charge on any atom is -0.444 e. The van der Waals surface area contributed by atoms with E-state index in [2.05, 4.69) is 15.6 Å². The number of aryl methyl sites for hydroxylation is 1. The second-order valence-corrected chi connectivity index (χ2v) is 16.1. The van der Waals surface area contributed by atoms with Crippen LogP contribution in [0.15, 0.2) is 48.0 Å². The molecule has 3 aromatic rings. The van der Waals surface area contributed by atoms with Gasteiger partial charge in [-0.15, -0.1) is 11.3 Å². The molecule has 2 aromatic carbocycles. The number of nitrogens with zero attached hydrogens (tertiary/aromatic N) is 3. The molecule has 5 rings (SSSR count). The number of thiazole rings is 1. The fourth-order valence-electron chi connectivity index (χ4n) is 6.41. The zero-order chi connectivity index (χ0) is 35.7. The van der Waals surface area contributed by atoms with Crippen LogP contribution in [0.2, 0.25) is 0 Å². The molecule has 1 fully saturated rings. The molecule has 3 unspecified atom stereocenters. The predicted molar refractivity (Wildman–Crippen MR) is 191 cm³/mol. The topological polar surface area (TPSA) is 121 Å². The van der Waals surface area contributed by atoms with E-state index >= 15 is 0 Å². The van der Waals surface area contributed by atoms with E-state index in [4.69, 9.17) is 4.74 Å². The van der Waals surface area contributed by atoms with E-state index in [1.54, 1.807) is 33.3 Å². The molecule has 4 amide bonds. The van der Waals surface area contributed by atoms with Crippen molar-refractivity contribution in [3.05, 3.63) is 75.9 Å². The van der Waals surface area contributed by atoms with E-state index in [0.29, 0.717) is 44.5 Å². The molecule has 0 aliphatic carbocycles. The van der Waals surface area contributed by atoms with Crippen LogP contribution >= 0.6 is 11.3 Å². The fraction of sp³-hybridized carbons (Fsp3) is 0.500. The zero-order valence-corrected chi connectivity index (χ0v) is 30.7. The summed E-state index contributed by atoms with van der Waals surface area (Å²) in [5.41, 5.74) is 6.02. The molecule has 0 saturated carbocycles. The Bertz CT molecular complexity index is 1700. The summed E-state index contributed by atoms with van der Waals surface area (Å²) in [5, 5.41) is 6.12. The first-order valence-corrected chi connectivity index (χ1v) is 17.9. The first kappa shape index (κ1) is 36.0. The molecule has 1 aromatic heterocycles. The summed E-state index contributed by atoms with van der Waals surface area (Å²) in [6.45, 7) is 16.5. The number of ether oxygens (including phenoxy) is 1. The summed E-state index contributed by atoms with van der Waals surface area (Å²) in [4.78, 5) is 62.9. The highest BCUT2D eigenvalue weighted by Crippen LogP contribution is 2.30. The Kier molecular flexibility index (Phi) is 10.5. The molecule has 2 aliphatic rings. The van der Waals surface area contributed by atoms with Crippen LogP contribution in [0.25, 0.3) is 10.4 Å². The number of fused-ring (bicyclic) bond motifs is 1. The number of hydrogen-bond donors (Lipinski definition) is 2. The second kappa shape index (κ2) is 14.3.